The number of hydrogen-bond acceptors (Lipinski definition) is 4. The molecule has 0 unspecified atom stereocenters. The first-order valence-electron chi connectivity index (χ1n) is 12.2. The van der Waals surface area contributed by atoms with Crippen molar-refractivity contribution in [3.8, 4) is 0 Å². The maximum absolute atomic E-state index is 12.7. The molecule has 1 aliphatic carbocycles. The van der Waals surface area contributed by atoms with Gasteiger partial charge in [0.05, 0.1) is 5.41 Å². The summed E-state index contributed by atoms with van der Waals surface area (Å²) < 4.78 is 0. The number of aliphatic imine (C=N–C) groups is 1. The number of nitrogens with zero attached hydrogens (tertiary/aromatic N) is 4. The zero-order chi connectivity index (χ0) is 22.8. The maximum Gasteiger partial charge on any atom is 0.230 e. The largest absolute Gasteiger partial charge is 0.356 e. The predicted molar refractivity (Wildman–Crippen MR) is 147 cm³/mol. The predicted octanol–water partition coefficient (Wildman–Crippen LogP) is 2.63. The highest BCUT2D eigenvalue weighted by atomic mass is 127. The third kappa shape index (κ3) is 8.40. The molecule has 2 fully saturated rings. The van der Waals surface area contributed by atoms with Crippen molar-refractivity contribution in [2.75, 3.05) is 67.0 Å². The van der Waals surface area contributed by atoms with E-state index in [9.17, 15) is 4.79 Å². The summed E-state index contributed by atoms with van der Waals surface area (Å²) in [6.07, 6.45) is 5.27. The first kappa shape index (κ1) is 27.9. The van der Waals surface area contributed by atoms with Crippen LogP contribution in [0, 0.1) is 5.41 Å². The van der Waals surface area contributed by atoms with E-state index in [1.54, 1.807) is 11.9 Å². The fourth-order valence-electron chi connectivity index (χ4n) is 4.99. The standard InChI is InChI=1S/C25H42N6O.HI/c1-26-24(28-21-25(12-7-8-13-25)23(32)29(2)3)27-14-9-15-30-16-18-31(19-17-30)20-22-10-5-4-6-11-22;/h4-6,10-11H,7-9,12-21H2,1-3H3,(H2,26,27,28);1H. The second-order valence-electron chi connectivity index (χ2n) is 9.50. The molecule has 1 heterocycles. The van der Waals surface area contributed by atoms with Crippen LogP contribution in [-0.2, 0) is 11.3 Å². The zero-order valence-electron chi connectivity index (χ0n) is 20.7. The van der Waals surface area contributed by atoms with Gasteiger partial charge < -0.3 is 20.4 Å². The molecule has 0 bridgehead atoms. The number of carbonyl (C=O) groups excluding carboxylic acids is 1. The maximum atomic E-state index is 12.7. The van der Waals surface area contributed by atoms with Crippen molar-refractivity contribution in [3.05, 3.63) is 35.9 Å². The van der Waals surface area contributed by atoms with Crippen molar-refractivity contribution < 1.29 is 4.79 Å². The smallest absolute Gasteiger partial charge is 0.230 e. The Morgan fingerprint density at radius 2 is 1.67 bits per heavy atom. The summed E-state index contributed by atoms with van der Waals surface area (Å²) in [4.78, 5) is 24.0. The first-order valence-corrected chi connectivity index (χ1v) is 12.2. The van der Waals surface area contributed by atoms with Gasteiger partial charge in [0.2, 0.25) is 5.91 Å². The van der Waals surface area contributed by atoms with Gasteiger partial charge in [-0.3, -0.25) is 14.7 Å². The summed E-state index contributed by atoms with van der Waals surface area (Å²) >= 11 is 0. The van der Waals surface area contributed by atoms with Gasteiger partial charge in [0.1, 0.15) is 0 Å². The van der Waals surface area contributed by atoms with Crippen molar-refractivity contribution >= 4 is 35.8 Å². The molecule has 1 saturated heterocycles. The van der Waals surface area contributed by atoms with Gasteiger partial charge in [-0.05, 0) is 31.4 Å². The molecule has 2 aliphatic rings. The molecule has 1 saturated carbocycles. The summed E-state index contributed by atoms with van der Waals surface area (Å²) in [5.41, 5.74) is 1.12. The van der Waals surface area contributed by atoms with E-state index in [1.807, 2.05) is 14.1 Å². The second-order valence-corrected chi connectivity index (χ2v) is 9.50. The number of nitrogens with one attached hydrogen (secondary N) is 2. The molecule has 1 aromatic carbocycles. The van der Waals surface area contributed by atoms with E-state index >= 15 is 0 Å². The molecule has 33 heavy (non-hydrogen) atoms. The molecule has 0 spiro atoms. The summed E-state index contributed by atoms with van der Waals surface area (Å²) in [6.45, 7) is 8.23. The van der Waals surface area contributed by atoms with E-state index < -0.39 is 0 Å². The van der Waals surface area contributed by atoms with Crippen LogP contribution in [0.1, 0.15) is 37.7 Å². The Hall–Kier alpha value is -1.39. The minimum Gasteiger partial charge on any atom is -0.356 e. The topological polar surface area (TPSA) is 63.2 Å². The normalized spacial score (nSPS) is 19.1. The Morgan fingerprint density at radius 1 is 1.03 bits per heavy atom. The Labute approximate surface area is 217 Å². The SMILES string of the molecule is CN=C(NCCCN1CCN(Cc2ccccc2)CC1)NCC1(C(=O)N(C)C)CCCC1.I. The van der Waals surface area contributed by atoms with Crippen LogP contribution >= 0.6 is 24.0 Å². The molecular formula is C25H43IN6O. The second kappa shape index (κ2) is 14.1. The molecule has 1 amide bonds. The Morgan fingerprint density at radius 3 is 2.27 bits per heavy atom. The molecule has 186 valence electrons. The highest BCUT2D eigenvalue weighted by molar-refractivity contribution is 14.0. The molecule has 7 nitrogen and oxygen atoms in total. The van der Waals surface area contributed by atoms with Gasteiger partial charge in [-0.15, -0.1) is 24.0 Å². The fourth-order valence-corrected chi connectivity index (χ4v) is 4.99. The van der Waals surface area contributed by atoms with Gasteiger partial charge in [-0.1, -0.05) is 43.2 Å². The number of amides is 1. The van der Waals surface area contributed by atoms with Crippen molar-refractivity contribution in [3.63, 3.8) is 0 Å². The molecule has 0 atom stereocenters. The molecular weight excluding hydrogens is 527 g/mol. The van der Waals surface area contributed by atoms with Gasteiger partial charge in [-0.25, -0.2) is 0 Å². The van der Waals surface area contributed by atoms with E-state index in [0.717, 1.165) is 83.9 Å². The average molecular weight is 571 g/mol. The van der Waals surface area contributed by atoms with Crippen LogP contribution in [0.25, 0.3) is 0 Å². The monoisotopic (exact) mass is 570 g/mol. The number of halogens is 1. The van der Waals surface area contributed by atoms with Crippen LogP contribution in [-0.4, -0.2) is 93.5 Å². The minimum atomic E-state index is -0.277. The van der Waals surface area contributed by atoms with Crippen LogP contribution in [0.3, 0.4) is 0 Å². The summed E-state index contributed by atoms with van der Waals surface area (Å²) in [5, 5.41) is 6.86. The van der Waals surface area contributed by atoms with Crippen LogP contribution in [0.15, 0.2) is 35.3 Å². The summed E-state index contributed by atoms with van der Waals surface area (Å²) in [6, 6.07) is 10.7. The molecule has 1 aliphatic heterocycles. The van der Waals surface area contributed by atoms with E-state index in [1.165, 1.54) is 5.56 Å². The zero-order valence-corrected chi connectivity index (χ0v) is 23.0. The van der Waals surface area contributed by atoms with Crippen LogP contribution in [0.5, 0.6) is 0 Å². The number of rotatable bonds is 9. The van der Waals surface area contributed by atoms with Gasteiger partial charge in [0.15, 0.2) is 5.96 Å². The van der Waals surface area contributed by atoms with Crippen molar-refractivity contribution in [1.82, 2.24) is 25.3 Å². The lowest BCUT2D eigenvalue weighted by Crippen LogP contribution is -2.49. The van der Waals surface area contributed by atoms with Crippen LogP contribution in [0.4, 0.5) is 0 Å². The molecule has 8 heteroatoms. The van der Waals surface area contributed by atoms with E-state index in [-0.39, 0.29) is 35.3 Å². The average Bonchev–Trinajstić information content (AvgIpc) is 3.30. The first-order chi connectivity index (χ1) is 15.5. The Bertz CT molecular complexity index is 728. The Kier molecular flexibility index (Phi) is 11.9. The number of carbonyl (C=O) groups is 1. The molecule has 2 N–H and O–H groups in total. The highest BCUT2D eigenvalue weighted by Crippen LogP contribution is 2.38. The number of guanidine groups is 1. The number of hydrogen-bond donors (Lipinski definition) is 2. The van der Waals surface area contributed by atoms with E-state index in [0.29, 0.717) is 6.54 Å². The molecule has 0 aromatic heterocycles. The van der Waals surface area contributed by atoms with Gasteiger partial charge in [0.25, 0.3) is 0 Å². The molecule has 3 rings (SSSR count). The minimum absolute atomic E-state index is 0. The van der Waals surface area contributed by atoms with Crippen LogP contribution < -0.4 is 10.6 Å². The number of piperazine rings is 1. The lowest BCUT2D eigenvalue weighted by atomic mass is 9.84. The third-order valence-electron chi connectivity index (χ3n) is 6.90. The van der Waals surface area contributed by atoms with Crippen LogP contribution in [0.2, 0.25) is 0 Å². The van der Waals surface area contributed by atoms with E-state index in [4.69, 9.17) is 0 Å². The summed E-state index contributed by atoms with van der Waals surface area (Å²) in [7, 11) is 5.52. The summed E-state index contributed by atoms with van der Waals surface area (Å²) in [5.74, 6) is 1.04. The van der Waals surface area contributed by atoms with Crippen molar-refractivity contribution in [2.45, 2.75) is 38.6 Å². The highest BCUT2D eigenvalue weighted by Gasteiger charge is 2.42. The van der Waals surface area contributed by atoms with E-state index in [2.05, 4.69) is 55.8 Å². The van der Waals surface area contributed by atoms with Gasteiger partial charge >= 0.3 is 0 Å². The lowest BCUT2D eigenvalue weighted by molar-refractivity contribution is -0.138. The molecule has 0 radical (unpaired) electrons. The Balaban J connectivity index is 0.00000385. The van der Waals surface area contributed by atoms with Crippen molar-refractivity contribution in [2.24, 2.45) is 10.4 Å². The van der Waals surface area contributed by atoms with Gasteiger partial charge in [-0.2, -0.15) is 0 Å². The third-order valence-corrected chi connectivity index (χ3v) is 6.90. The lowest BCUT2D eigenvalue weighted by Gasteiger charge is -2.34. The number of benzene rings is 1. The molecule has 1 aromatic rings. The van der Waals surface area contributed by atoms with Crippen molar-refractivity contribution in [1.29, 1.82) is 0 Å². The quantitative estimate of drug-likeness (QED) is 0.207. The fraction of sp³-hybridized carbons (Fsp3) is 0.680. The van der Waals surface area contributed by atoms with Gasteiger partial charge in [0, 0.05) is 67.0 Å².